The normalized spacial score (nSPS) is 9.47. The minimum Gasteiger partial charge on any atom is -0.452 e. The number of carbonyl (C=O) groups excluding carboxylic acids is 3. The van der Waals surface area contributed by atoms with Gasteiger partial charge in [-0.15, -0.1) is 0 Å². The number of amides is 3. The Morgan fingerprint density at radius 1 is 1.35 bits per heavy atom. The van der Waals surface area contributed by atoms with E-state index in [0.717, 1.165) is 5.56 Å². The molecule has 0 fully saturated rings. The summed E-state index contributed by atoms with van der Waals surface area (Å²) in [7, 11) is 0. The molecule has 6 heteroatoms. The standard InChI is InChI=1S/C11H12N2O4/c1-7-3-2-4-8(5-7)10(15)17-6-9(14)13-11(12)16/h2-5H,6H2,1H3,(H3,12,13,14,16). The van der Waals surface area contributed by atoms with Crippen LogP contribution >= 0.6 is 0 Å². The van der Waals surface area contributed by atoms with Crippen molar-refractivity contribution in [3.05, 3.63) is 35.4 Å². The molecule has 1 aromatic carbocycles. The summed E-state index contributed by atoms with van der Waals surface area (Å²) in [5.74, 6) is -1.40. The predicted molar refractivity (Wildman–Crippen MR) is 59.2 cm³/mol. The molecule has 0 radical (unpaired) electrons. The van der Waals surface area contributed by atoms with Gasteiger partial charge in [0.2, 0.25) is 0 Å². The molecule has 0 aliphatic rings. The summed E-state index contributed by atoms with van der Waals surface area (Å²) in [6.45, 7) is 1.28. The van der Waals surface area contributed by atoms with Gasteiger partial charge in [0.15, 0.2) is 6.61 Å². The first-order chi connectivity index (χ1) is 7.99. The number of nitrogens with two attached hydrogens (primary N) is 1. The Bertz CT molecular complexity index is 457. The highest BCUT2D eigenvalue weighted by atomic mass is 16.5. The van der Waals surface area contributed by atoms with E-state index < -0.39 is 24.5 Å². The smallest absolute Gasteiger partial charge is 0.338 e. The molecular weight excluding hydrogens is 224 g/mol. The van der Waals surface area contributed by atoms with Gasteiger partial charge in [-0.2, -0.15) is 0 Å². The molecule has 0 aliphatic heterocycles. The van der Waals surface area contributed by atoms with Gasteiger partial charge in [-0.25, -0.2) is 9.59 Å². The van der Waals surface area contributed by atoms with Gasteiger partial charge in [0.1, 0.15) is 0 Å². The molecule has 0 bridgehead atoms. The summed E-state index contributed by atoms with van der Waals surface area (Å²) in [5.41, 5.74) is 5.97. The maximum Gasteiger partial charge on any atom is 0.338 e. The molecule has 0 saturated heterocycles. The summed E-state index contributed by atoms with van der Waals surface area (Å²) in [4.78, 5) is 32.8. The second-order valence-electron chi connectivity index (χ2n) is 3.36. The first-order valence-corrected chi connectivity index (χ1v) is 4.82. The van der Waals surface area contributed by atoms with Crippen LogP contribution in [0.2, 0.25) is 0 Å². The maximum absolute atomic E-state index is 11.5. The number of primary amides is 1. The molecule has 90 valence electrons. The number of hydrogen-bond acceptors (Lipinski definition) is 4. The molecule has 6 nitrogen and oxygen atoms in total. The monoisotopic (exact) mass is 236 g/mol. The van der Waals surface area contributed by atoms with Gasteiger partial charge in [-0.05, 0) is 19.1 Å². The average Bonchev–Trinajstić information content (AvgIpc) is 2.25. The lowest BCUT2D eigenvalue weighted by molar-refractivity contribution is -0.123. The number of benzene rings is 1. The molecule has 3 amide bonds. The van der Waals surface area contributed by atoms with E-state index in [1.165, 1.54) is 0 Å². The third-order valence-electron chi connectivity index (χ3n) is 1.85. The van der Waals surface area contributed by atoms with E-state index in [2.05, 4.69) is 4.74 Å². The Kier molecular flexibility index (Phi) is 4.21. The number of aryl methyl sites for hydroxylation is 1. The Morgan fingerprint density at radius 3 is 2.65 bits per heavy atom. The average molecular weight is 236 g/mol. The largest absolute Gasteiger partial charge is 0.452 e. The molecule has 0 heterocycles. The van der Waals surface area contributed by atoms with Crippen LogP contribution in [-0.4, -0.2) is 24.5 Å². The van der Waals surface area contributed by atoms with Crippen LogP contribution in [-0.2, 0) is 9.53 Å². The third kappa shape index (κ3) is 4.33. The van der Waals surface area contributed by atoms with Crippen LogP contribution in [0.4, 0.5) is 4.79 Å². The fourth-order valence-electron chi connectivity index (χ4n) is 1.16. The van der Waals surface area contributed by atoms with E-state index in [-0.39, 0.29) is 0 Å². The second-order valence-corrected chi connectivity index (χ2v) is 3.36. The first-order valence-electron chi connectivity index (χ1n) is 4.82. The molecule has 17 heavy (non-hydrogen) atoms. The van der Waals surface area contributed by atoms with Crippen molar-refractivity contribution in [2.45, 2.75) is 6.92 Å². The number of esters is 1. The van der Waals surface area contributed by atoms with Crippen molar-refractivity contribution in [2.24, 2.45) is 5.73 Å². The molecule has 0 aliphatic carbocycles. The Morgan fingerprint density at radius 2 is 2.06 bits per heavy atom. The zero-order chi connectivity index (χ0) is 12.8. The highest BCUT2D eigenvalue weighted by Crippen LogP contribution is 2.05. The predicted octanol–water partition coefficient (Wildman–Crippen LogP) is 0.347. The fourth-order valence-corrected chi connectivity index (χ4v) is 1.16. The molecule has 0 atom stereocenters. The minimum atomic E-state index is -0.985. The summed E-state index contributed by atoms with van der Waals surface area (Å²) >= 11 is 0. The number of rotatable bonds is 3. The van der Waals surface area contributed by atoms with Crippen LogP contribution < -0.4 is 11.1 Å². The van der Waals surface area contributed by atoms with Crippen LogP contribution in [0.15, 0.2) is 24.3 Å². The zero-order valence-corrected chi connectivity index (χ0v) is 9.23. The molecule has 0 spiro atoms. The quantitative estimate of drug-likeness (QED) is 0.739. The molecule has 1 rings (SSSR count). The number of imide groups is 1. The molecule has 0 unspecified atom stereocenters. The van der Waals surface area contributed by atoms with Gasteiger partial charge < -0.3 is 10.5 Å². The van der Waals surface area contributed by atoms with Crippen LogP contribution in [0, 0.1) is 6.92 Å². The summed E-state index contributed by atoms with van der Waals surface area (Å²) in [6.07, 6.45) is 0. The van der Waals surface area contributed by atoms with E-state index in [0.29, 0.717) is 5.56 Å². The van der Waals surface area contributed by atoms with Crippen LogP contribution in [0.25, 0.3) is 0 Å². The Balaban J connectivity index is 2.50. The van der Waals surface area contributed by atoms with E-state index in [9.17, 15) is 14.4 Å². The van der Waals surface area contributed by atoms with Crippen molar-refractivity contribution < 1.29 is 19.1 Å². The van der Waals surface area contributed by atoms with Gasteiger partial charge in [0.05, 0.1) is 5.56 Å². The van der Waals surface area contributed by atoms with Crippen LogP contribution in [0.3, 0.4) is 0 Å². The first kappa shape index (κ1) is 12.7. The second kappa shape index (κ2) is 5.64. The SMILES string of the molecule is Cc1cccc(C(=O)OCC(=O)NC(N)=O)c1. The fraction of sp³-hybridized carbons (Fsp3) is 0.182. The molecular formula is C11H12N2O4. The van der Waals surface area contributed by atoms with Crippen molar-refractivity contribution in [1.82, 2.24) is 5.32 Å². The summed E-state index contributed by atoms with van der Waals surface area (Å²) in [5, 5.41) is 1.78. The van der Waals surface area contributed by atoms with Gasteiger partial charge in [0.25, 0.3) is 5.91 Å². The molecule has 0 saturated carbocycles. The Labute approximate surface area is 97.7 Å². The number of hydrogen-bond donors (Lipinski definition) is 2. The highest BCUT2D eigenvalue weighted by molar-refractivity contribution is 5.96. The molecule has 3 N–H and O–H groups in total. The van der Waals surface area contributed by atoms with E-state index >= 15 is 0 Å². The summed E-state index contributed by atoms with van der Waals surface area (Å²) < 4.78 is 4.69. The number of urea groups is 1. The minimum absolute atomic E-state index is 0.344. The van der Waals surface area contributed by atoms with Gasteiger partial charge in [-0.3, -0.25) is 10.1 Å². The van der Waals surface area contributed by atoms with Crippen molar-refractivity contribution >= 4 is 17.9 Å². The molecule has 1 aromatic rings. The van der Waals surface area contributed by atoms with Gasteiger partial charge in [0, 0.05) is 0 Å². The van der Waals surface area contributed by atoms with Gasteiger partial charge >= 0.3 is 12.0 Å². The Hall–Kier alpha value is -2.37. The van der Waals surface area contributed by atoms with Crippen LogP contribution in [0.5, 0.6) is 0 Å². The third-order valence-corrected chi connectivity index (χ3v) is 1.85. The lowest BCUT2D eigenvalue weighted by Gasteiger charge is -2.04. The number of nitrogens with one attached hydrogen (secondary N) is 1. The van der Waals surface area contributed by atoms with Crippen molar-refractivity contribution in [3.8, 4) is 0 Å². The zero-order valence-electron chi connectivity index (χ0n) is 9.23. The lowest BCUT2D eigenvalue weighted by Crippen LogP contribution is -2.37. The maximum atomic E-state index is 11.5. The number of ether oxygens (including phenoxy) is 1. The highest BCUT2D eigenvalue weighted by Gasteiger charge is 2.10. The van der Waals surface area contributed by atoms with E-state index in [1.54, 1.807) is 23.5 Å². The van der Waals surface area contributed by atoms with E-state index in [1.807, 2.05) is 13.0 Å². The van der Waals surface area contributed by atoms with Crippen molar-refractivity contribution in [3.63, 3.8) is 0 Å². The topological polar surface area (TPSA) is 98.5 Å². The van der Waals surface area contributed by atoms with Crippen molar-refractivity contribution in [2.75, 3.05) is 6.61 Å². The van der Waals surface area contributed by atoms with Crippen molar-refractivity contribution in [1.29, 1.82) is 0 Å². The van der Waals surface area contributed by atoms with Gasteiger partial charge in [-0.1, -0.05) is 17.7 Å². The lowest BCUT2D eigenvalue weighted by atomic mass is 10.1. The number of carbonyl (C=O) groups is 3. The van der Waals surface area contributed by atoms with Crippen LogP contribution in [0.1, 0.15) is 15.9 Å². The van der Waals surface area contributed by atoms with E-state index in [4.69, 9.17) is 5.73 Å². The molecule has 0 aromatic heterocycles. The summed E-state index contributed by atoms with van der Waals surface area (Å²) in [6, 6.07) is 5.75.